The van der Waals surface area contributed by atoms with E-state index in [0.29, 0.717) is 6.07 Å². The number of carboxylic acid groups (broad SMARTS) is 1. The molecule has 0 aliphatic heterocycles. The Morgan fingerprint density at radius 2 is 1.53 bits per heavy atom. The number of aromatic carboxylic acids is 1. The fourth-order valence-electron chi connectivity index (χ4n) is 1.15. The fraction of sp³-hybridized carbons (Fsp3) is 0. The van der Waals surface area contributed by atoms with Crippen LogP contribution < -0.4 is 0 Å². The minimum Gasteiger partial charge on any atom is -0.478 e. The third kappa shape index (κ3) is 2.79. The summed E-state index contributed by atoms with van der Waals surface area (Å²) < 4.78 is 61.1. The van der Waals surface area contributed by atoms with Crippen LogP contribution in [0.3, 0.4) is 0 Å². The van der Waals surface area contributed by atoms with Crippen LogP contribution in [0.1, 0.15) is 10.4 Å². The highest BCUT2D eigenvalue weighted by Gasteiger charge is 2.29. The Hall–Kier alpha value is -1.49. The number of benzene rings is 1. The van der Waals surface area contributed by atoms with Crippen molar-refractivity contribution in [1.29, 1.82) is 0 Å². The first-order valence-corrected chi connectivity index (χ1v) is 6.74. The molecule has 10 heteroatoms. The van der Waals surface area contributed by atoms with Gasteiger partial charge in [0.05, 0.1) is 5.56 Å². The zero-order valence-corrected chi connectivity index (χ0v) is 9.56. The molecular weight excluding hydrogens is 276 g/mol. The van der Waals surface area contributed by atoms with Gasteiger partial charge >= 0.3 is 5.97 Å². The monoisotopic (exact) mass is 282 g/mol. The number of hydrogen-bond donors (Lipinski definition) is 3. The molecule has 1 aromatic rings. The van der Waals surface area contributed by atoms with Gasteiger partial charge in [-0.05, 0) is 12.1 Å². The van der Waals surface area contributed by atoms with E-state index in [2.05, 4.69) is 0 Å². The van der Waals surface area contributed by atoms with Crippen LogP contribution in [0.2, 0.25) is 0 Å². The molecular formula is C7H6O8S2. The average molecular weight is 282 g/mol. The number of rotatable bonds is 3. The van der Waals surface area contributed by atoms with Gasteiger partial charge in [-0.15, -0.1) is 0 Å². The van der Waals surface area contributed by atoms with Crippen molar-refractivity contribution in [1.82, 2.24) is 0 Å². The third-order valence-electron chi connectivity index (χ3n) is 1.75. The second-order valence-electron chi connectivity index (χ2n) is 2.89. The Morgan fingerprint density at radius 3 is 1.88 bits per heavy atom. The molecule has 94 valence electrons. The third-order valence-corrected chi connectivity index (χ3v) is 3.73. The van der Waals surface area contributed by atoms with E-state index >= 15 is 0 Å². The Kier molecular flexibility index (Phi) is 3.25. The van der Waals surface area contributed by atoms with Gasteiger partial charge < -0.3 is 5.11 Å². The minimum atomic E-state index is -5.11. The molecule has 0 aliphatic carbocycles. The van der Waals surface area contributed by atoms with Gasteiger partial charge in [-0.3, -0.25) is 9.11 Å². The number of carbonyl (C=O) groups is 1. The van der Waals surface area contributed by atoms with E-state index in [1.165, 1.54) is 0 Å². The van der Waals surface area contributed by atoms with Gasteiger partial charge in [-0.1, -0.05) is 6.07 Å². The average Bonchev–Trinajstić information content (AvgIpc) is 2.13. The highest BCUT2D eigenvalue weighted by atomic mass is 32.2. The molecule has 0 bridgehead atoms. The molecule has 0 amide bonds. The van der Waals surface area contributed by atoms with Crippen molar-refractivity contribution < 1.29 is 35.8 Å². The summed E-state index contributed by atoms with van der Waals surface area (Å²) in [6.45, 7) is 0. The molecule has 0 spiro atoms. The molecule has 0 heterocycles. The molecule has 0 aliphatic rings. The molecule has 0 aromatic heterocycles. The molecule has 0 radical (unpaired) electrons. The SMILES string of the molecule is O=C(O)c1cccc(S(=O)(=O)O)c1S(=O)(=O)O. The summed E-state index contributed by atoms with van der Waals surface area (Å²) >= 11 is 0. The van der Waals surface area contributed by atoms with Crippen molar-refractivity contribution in [3.05, 3.63) is 23.8 Å². The number of carboxylic acids is 1. The van der Waals surface area contributed by atoms with E-state index in [9.17, 15) is 21.6 Å². The lowest BCUT2D eigenvalue weighted by molar-refractivity contribution is 0.0691. The van der Waals surface area contributed by atoms with E-state index in [4.69, 9.17) is 14.2 Å². The van der Waals surface area contributed by atoms with Crippen LogP contribution in [0, 0.1) is 0 Å². The molecule has 0 saturated carbocycles. The van der Waals surface area contributed by atoms with Crippen LogP contribution in [0.15, 0.2) is 28.0 Å². The van der Waals surface area contributed by atoms with Gasteiger partial charge in [0.1, 0.15) is 9.79 Å². The summed E-state index contributed by atoms with van der Waals surface area (Å²) in [5, 5.41) is 8.67. The Bertz CT molecular complexity index is 670. The summed E-state index contributed by atoms with van der Waals surface area (Å²) in [5.41, 5.74) is -0.956. The highest BCUT2D eigenvalue weighted by Crippen LogP contribution is 2.24. The summed E-state index contributed by atoms with van der Waals surface area (Å²) in [4.78, 5) is 8.14. The first-order chi connectivity index (χ1) is 7.55. The van der Waals surface area contributed by atoms with Crippen LogP contribution in [-0.2, 0) is 20.2 Å². The topological polar surface area (TPSA) is 146 Å². The second-order valence-corrected chi connectivity index (χ2v) is 5.64. The van der Waals surface area contributed by atoms with Crippen LogP contribution in [0.5, 0.6) is 0 Å². The maximum Gasteiger partial charge on any atom is 0.337 e. The fourth-order valence-corrected chi connectivity index (χ4v) is 3.14. The van der Waals surface area contributed by atoms with Crippen molar-refractivity contribution in [2.75, 3.05) is 0 Å². The maximum absolute atomic E-state index is 10.9. The molecule has 0 fully saturated rings. The molecule has 1 rings (SSSR count). The second kappa shape index (κ2) is 4.07. The van der Waals surface area contributed by atoms with Gasteiger partial charge in [0.25, 0.3) is 20.2 Å². The van der Waals surface area contributed by atoms with Crippen LogP contribution >= 0.6 is 0 Å². The largest absolute Gasteiger partial charge is 0.478 e. The molecule has 17 heavy (non-hydrogen) atoms. The lowest BCUT2D eigenvalue weighted by Crippen LogP contribution is -2.14. The predicted molar refractivity (Wildman–Crippen MR) is 53.0 cm³/mol. The van der Waals surface area contributed by atoms with Crippen LogP contribution in [0.4, 0.5) is 0 Å². The van der Waals surface area contributed by atoms with Gasteiger partial charge in [0.15, 0.2) is 0 Å². The van der Waals surface area contributed by atoms with E-state index in [-0.39, 0.29) is 0 Å². The molecule has 8 nitrogen and oxygen atoms in total. The van der Waals surface area contributed by atoms with Crippen LogP contribution in [-0.4, -0.2) is 37.0 Å². The van der Waals surface area contributed by atoms with Crippen molar-refractivity contribution in [2.24, 2.45) is 0 Å². The summed E-state index contributed by atoms with van der Waals surface area (Å²) in [5.74, 6) is -1.76. The van der Waals surface area contributed by atoms with Crippen molar-refractivity contribution in [3.63, 3.8) is 0 Å². The Morgan fingerprint density at radius 1 is 1.00 bits per heavy atom. The van der Waals surface area contributed by atoms with Crippen molar-refractivity contribution in [3.8, 4) is 0 Å². The summed E-state index contributed by atoms with van der Waals surface area (Å²) in [6.07, 6.45) is 0. The Balaban J connectivity index is 3.90. The van der Waals surface area contributed by atoms with Gasteiger partial charge in [-0.2, -0.15) is 16.8 Å². The normalized spacial score (nSPS) is 12.4. The minimum absolute atomic E-state index is 0.658. The standard InChI is InChI=1S/C7H6O8S2/c8-7(9)4-2-1-3-5(16(10,11)12)6(4)17(13,14)15/h1-3H,(H,8,9)(H,10,11,12)(H,13,14,15). The predicted octanol–water partition coefficient (Wildman–Crippen LogP) is -0.122. The lowest BCUT2D eigenvalue weighted by Gasteiger charge is -2.07. The van der Waals surface area contributed by atoms with E-state index in [1.807, 2.05) is 0 Å². The Labute approximate surface area is 96.0 Å². The van der Waals surface area contributed by atoms with E-state index in [1.54, 1.807) is 0 Å². The van der Waals surface area contributed by atoms with Crippen molar-refractivity contribution >= 4 is 26.2 Å². The zero-order chi connectivity index (χ0) is 13.4. The molecule has 0 atom stereocenters. The molecule has 1 aromatic carbocycles. The van der Waals surface area contributed by atoms with Gasteiger partial charge in [0.2, 0.25) is 0 Å². The molecule has 3 N–H and O–H groups in total. The summed E-state index contributed by atoms with van der Waals surface area (Å²) in [7, 11) is -10.1. The smallest absolute Gasteiger partial charge is 0.337 e. The lowest BCUT2D eigenvalue weighted by atomic mass is 10.2. The first kappa shape index (κ1) is 13.6. The molecule has 0 unspecified atom stereocenters. The van der Waals surface area contributed by atoms with Gasteiger partial charge in [0, 0.05) is 0 Å². The van der Waals surface area contributed by atoms with Crippen LogP contribution in [0.25, 0.3) is 0 Å². The van der Waals surface area contributed by atoms with Crippen molar-refractivity contribution in [2.45, 2.75) is 9.79 Å². The van der Waals surface area contributed by atoms with E-state index in [0.717, 1.165) is 12.1 Å². The van der Waals surface area contributed by atoms with E-state index < -0.39 is 41.6 Å². The maximum atomic E-state index is 10.9. The molecule has 0 saturated heterocycles. The van der Waals surface area contributed by atoms with Gasteiger partial charge in [-0.25, -0.2) is 4.79 Å². The first-order valence-electron chi connectivity index (χ1n) is 3.86. The highest BCUT2D eigenvalue weighted by molar-refractivity contribution is 7.89. The number of hydrogen-bond acceptors (Lipinski definition) is 5. The quantitative estimate of drug-likeness (QED) is 0.650. The summed E-state index contributed by atoms with van der Waals surface area (Å²) in [6, 6.07) is 2.35. The zero-order valence-electron chi connectivity index (χ0n) is 7.93.